The molecular weight excluding hydrogens is 327 g/mol. The van der Waals surface area contributed by atoms with Crippen LogP contribution in [0.4, 0.5) is 0 Å². The van der Waals surface area contributed by atoms with Gasteiger partial charge in [-0.1, -0.05) is 37.0 Å². The van der Waals surface area contributed by atoms with Gasteiger partial charge < -0.3 is 5.73 Å². The van der Waals surface area contributed by atoms with E-state index in [2.05, 4.69) is 4.72 Å². The molecule has 0 radical (unpaired) electrons. The number of rotatable bonds is 6. The fourth-order valence-corrected chi connectivity index (χ4v) is 5.53. The number of nitrogens with two attached hydrogens (primary N) is 1. The number of nitrogens with one attached hydrogen (secondary N) is 1. The third kappa shape index (κ3) is 4.58. The Bertz CT molecular complexity index is 543. The highest BCUT2D eigenvalue weighted by molar-refractivity contribution is 7.89. The second-order valence-electron chi connectivity index (χ2n) is 5.16. The van der Waals surface area contributed by atoms with Crippen LogP contribution in [0.2, 0.25) is 8.67 Å². The van der Waals surface area contributed by atoms with Gasteiger partial charge in [-0.05, 0) is 25.3 Å². The lowest BCUT2D eigenvalue weighted by Gasteiger charge is -2.30. The maximum Gasteiger partial charge on any atom is 0.243 e. The molecular formula is C11H18Cl2N2O2S2. The first-order valence-corrected chi connectivity index (χ1v) is 8.84. The molecule has 0 saturated heterocycles. The number of halogens is 2. The van der Waals surface area contributed by atoms with Crippen LogP contribution in [0.5, 0.6) is 0 Å². The normalized spacial score (nSPS) is 15.7. The predicted octanol–water partition coefficient (Wildman–Crippen LogP) is 3.10. The summed E-state index contributed by atoms with van der Waals surface area (Å²) in [6, 6.07) is 1.35. The molecule has 8 heteroatoms. The average Bonchev–Trinajstić information content (AvgIpc) is 2.56. The number of sulfonamides is 1. The summed E-state index contributed by atoms with van der Waals surface area (Å²) in [6.45, 7) is 6.01. The molecule has 1 unspecified atom stereocenters. The molecule has 0 amide bonds. The van der Waals surface area contributed by atoms with Crippen molar-refractivity contribution in [2.75, 3.05) is 6.54 Å². The van der Waals surface area contributed by atoms with Crippen LogP contribution in [0.1, 0.15) is 27.2 Å². The van der Waals surface area contributed by atoms with Crippen molar-refractivity contribution in [2.24, 2.45) is 11.7 Å². The van der Waals surface area contributed by atoms with Crippen molar-refractivity contribution in [3.63, 3.8) is 0 Å². The summed E-state index contributed by atoms with van der Waals surface area (Å²) >= 11 is 12.7. The molecule has 1 aromatic rings. The Morgan fingerprint density at radius 2 is 2.05 bits per heavy atom. The molecule has 0 aliphatic carbocycles. The van der Waals surface area contributed by atoms with Gasteiger partial charge in [0.05, 0.1) is 4.34 Å². The third-order valence-corrected chi connectivity index (χ3v) is 6.00. The first kappa shape index (κ1) is 17.2. The first-order valence-electron chi connectivity index (χ1n) is 5.78. The minimum absolute atomic E-state index is 0.00703. The predicted molar refractivity (Wildman–Crippen MR) is 81.6 cm³/mol. The van der Waals surface area contributed by atoms with Gasteiger partial charge in [-0.15, -0.1) is 11.3 Å². The first-order chi connectivity index (χ1) is 8.59. The lowest BCUT2D eigenvalue weighted by molar-refractivity contribution is 0.344. The van der Waals surface area contributed by atoms with E-state index in [9.17, 15) is 8.42 Å². The monoisotopic (exact) mass is 344 g/mol. The van der Waals surface area contributed by atoms with Crippen molar-refractivity contribution in [3.8, 4) is 0 Å². The van der Waals surface area contributed by atoms with Crippen molar-refractivity contribution in [1.82, 2.24) is 4.72 Å². The summed E-state index contributed by atoms with van der Waals surface area (Å²) in [7, 11) is -3.72. The third-order valence-electron chi connectivity index (χ3n) is 2.60. The van der Waals surface area contributed by atoms with Gasteiger partial charge in [0.15, 0.2) is 0 Å². The molecule has 19 heavy (non-hydrogen) atoms. The Morgan fingerprint density at radius 1 is 1.47 bits per heavy atom. The maximum absolute atomic E-state index is 12.3. The van der Waals surface area contributed by atoms with Gasteiger partial charge in [-0.2, -0.15) is 0 Å². The van der Waals surface area contributed by atoms with Crippen LogP contribution in [0, 0.1) is 5.92 Å². The summed E-state index contributed by atoms with van der Waals surface area (Å²) in [5.74, 6) is 0.317. The zero-order valence-electron chi connectivity index (χ0n) is 11.0. The van der Waals surface area contributed by atoms with Gasteiger partial charge in [-0.3, -0.25) is 0 Å². The summed E-state index contributed by atoms with van der Waals surface area (Å²) < 4.78 is 27.8. The van der Waals surface area contributed by atoms with E-state index in [0.717, 1.165) is 11.3 Å². The van der Waals surface area contributed by atoms with Crippen LogP contribution in [-0.2, 0) is 10.0 Å². The van der Waals surface area contributed by atoms with Crippen molar-refractivity contribution in [3.05, 3.63) is 14.7 Å². The van der Waals surface area contributed by atoms with E-state index in [1.54, 1.807) is 6.92 Å². The largest absolute Gasteiger partial charge is 0.329 e. The molecule has 1 aromatic heterocycles. The van der Waals surface area contributed by atoms with Crippen LogP contribution in [0.15, 0.2) is 11.0 Å². The smallest absolute Gasteiger partial charge is 0.243 e. The number of hydrogen-bond acceptors (Lipinski definition) is 4. The van der Waals surface area contributed by atoms with E-state index in [1.165, 1.54) is 6.07 Å². The molecule has 1 atom stereocenters. The highest BCUT2D eigenvalue weighted by atomic mass is 35.5. The van der Waals surface area contributed by atoms with E-state index >= 15 is 0 Å². The van der Waals surface area contributed by atoms with Crippen molar-refractivity contribution in [2.45, 2.75) is 37.6 Å². The maximum atomic E-state index is 12.3. The van der Waals surface area contributed by atoms with Gasteiger partial charge in [-0.25, -0.2) is 13.1 Å². The highest BCUT2D eigenvalue weighted by Crippen LogP contribution is 2.34. The molecule has 3 N–H and O–H groups in total. The fourth-order valence-electron chi connectivity index (χ4n) is 1.96. The molecule has 0 saturated carbocycles. The summed E-state index contributed by atoms with van der Waals surface area (Å²) in [6.07, 6.45) is 0.637. The highest BCUT2D eigenvalue weighted by Gasteiger charge is 2.32. The van der Waals surface area contributed by atoms with E-state index in [0.29, 0.717) is 16.7 Å². The Balaban J connectivity index is 3.05. The van der Waals surface area contributed by atoms with Gasteiger partial charge in [0.25, 0.3) is 0 Å². The molecule has 1 rings (SSSR count). The lowest BCUT2D eigenvalue weighted by atomic mass is 9.92. The Kier molecular flexibility index (Phi) is 5.69. The van der Waals surface area contributed by atoms with Gasteiger partial charge in [0.2, 0.25) is 10.0 Å². The Hall–Kier alpha value is 0.150. The number of thiophene rings is 1. The molecule has 0 spiro atoms. The standard InChI is InChI=1S/C11H18Cl2N2O2S2/c1-7(2)5-11(3,6-14)15-19(16,17)8-4-9(12)18-10(8)13/h4,7,15H,5-6,14H2,1-3H3. The zero-order valence-corrected chi connectivity index (χ0v) is 14.2. The molecule has 1 heterocycles. The summed E-state index contributed by atoms with van der Waals surface area (Å²) in [5, 5.41) is 0. The van der Waals surface area contributed by atoms with E-state index in [-0.39, 0.29) is 15.8 Å². The molecule has 0 bridgehead atoms. The minimum atomic E-state index is -3.72. The summed E-state index contributed by atoms with van der Waals surface area (Å²) in [5.41, 5.74) is 5.00. The van der Waals surface area contributed by atoms with Crippen LogP contribution < -0.4 is 10.5 Å². The average molecular weight is 345 g/mol. The molecule has 110 valence electrons. The van der Waals surface area contributed by atoms with Gasteiger partial charge >= 0.3 is 0 Å². The molecule has 4 nitrogen and oxygen atoms in total. The van der Waals surface area contributed by atoms with Gasteiger partial charge in [0.1, 0.15) is 9.23 Å². The Labute approximate surface area is 128 Å². The van der Waals surface area contributed by atoms with Crippen LogP contribution in [0.25, 0.3) is 0 Å². The van der Waals surface area contributed by atoms with Crippen molar-refractivity contribution >= 4 is 44.6 Å². The topological polar surface area (TPSA) is 72.2 Å². The zero-order chi connectivity index (χ0) is 14.8. The quantitative estimate of drug-likeness (QED) is 0.832. The molecule has 0 aromatic carbocycles. The van der Waals surface area contributed by atoms with E-state index < -0.39 is 15.6 Å². The fraction of sp³-hybridized carbons (Fsp3) is 0.636. The van der Waals surface area contributed by atoms with Gasteiger partial charge in [0, 0.05) is 12.1 Å². The summed E-state index contributed by atoms with van der Waals surface area (Å²) in [4.78, 5) is 0.00703. The lowest BCUT2D eigenvalue weighted by Crippen LogP contribution is -2.51. The second kappa shape index (κ2) is 6.28. The van der Waals surface area contributed by atoms with Crippen molar-refractivity contribution < 1.29 is 8.42 Å². The Morgan fingerprint density at radius 3 is 2.42 bits per heavy atom. The van der Waals surface area contributed by atoms with Crippen LogP contribution in [0.3, 0.4) is 0 Å². The minimum Gasteiger partial charge on any atom is -0.329 e. The molecule has 0 fully saturated rings. The molecule has 0 aliphatic heterocycles. The SMILES string of the molecule is CC(C)CC(C)(CN)NS(=O)(=O)c1cc(Cl)sc1Cl. The van der Waals surface area contributed by atoms with Crippen molar-refractivity contribution in [1.29, 1.82) is 0 Å². The van der Waals surface area contributed by atoms with E-state index in [4.69, 9.17) is 28.9 Å². The second-order valence-corrected chi connectivity index (χ2v) is 9.09. The van der Waals surface area contributed by atoms with Crippen LogP contribution >= 0.6 is 34.5 Å². The van der Waals surface area contributed by atoms with Crippen LogP contribution in [-0.4, -0.2) is 20.5 Å². The number of hydrogen-bond donors (Lipinski definition) is 2. The molecule has 0 aliphatic rings. The van der Waals surface area contributed by atoms with E-state index in [1.807, 2.05) is 13.8 Å².